The summed E-state index contributed by atoms with van der Waals surface area (Å²) in [6.45, 7) is 1.98. The molecular formula is C30H28F2N6O2S. The molecule has 0 bridgehead atoms. The van der Waals surface area contributed by atoms with Gasteiger partial charge in [-0.25, -0.2) is 22.2 Å². The van der Waals surface area contributed by atoms with Crippen LogP contribution in [-0.2, 0) is 10.0 Å². The lowest BCUT2D eigenvalue weighted by atomic mass is 10.0. The molecule has 1 saturated carbocycles. The van der Waals surface area contributed by atoms with Crippen LogP contribution in [0.1, 0.15) is 31.7 Å². The van der Waals surface area contributed by atoms with Crippen LogP contribution >= 0.6 is 0 Å². The van der Waals surface area contributed by atoms with Crippen LogP contribution in [0.5, 0.6) is 0 Å². The smallest absolute Gasteiger partial charge is 0.235 e. The molecule has 8 nitrogen and oxygen atoms in total. The second-order valence-electron chi connectivity index (χ2n) is 10.7. The number of hydrogen-bond acceptors (Lipinski definition) is 5. The van der Waals surface area contributed by atoms with Gasteiger partial charge in [0.1, 0.15) is 18.0 Å². The van der Waals surface area contributed by atoms with E-state index in [0.29, 0.717) is 35.8 Å². The molecule has 2 N–H and O–H groups in total. The molecule has 7 rings (SSSR count). The molecule has 1 aliphatic carbocycles. The second kappa shape index (κ2) is 10.1. The summed E-state index contributed by atoms with van der Waals surface area (Å²) in [5, 5.41) is 7.56. The van der Waals surface area contributed by atoms with E-state index in [1.165, 1.54) is 12.1 Å². The number of rotatable bonds is 7. The van der Waals surface area contributed by atoms with Crippen molar-refractivity contribution in [3.63, 3.8) is 0 Å². The number of imidazole rings is 1. The second-order valence-corrected chi connectivity index (χ2v) is 12.7. The van der Waals surface area contributed by atoms with Crippen molar-refractivity contribution in [2.24, 2.45) is 0 Å². The summed E-state index contributed by atoms with van der Waals surface area (Å²) in [7, 11) is -3.57. The van der Waals surface area contributed by atoms with Crippen molar-refractivity contribution in [1.29, 1.82) is 0 Å². The molecule has 2 aliphatic rings. The van der Waals surface area contributed by atoms with Crippen LogP contribution in [0.15, 0.2) is 73.3 Å². The Morgan fingerprint density at radius 2 is 1.73 bits per heavy atom. The van der Waals surface area contributed by atoms with Crippen molar-refractivity contribution in [1.82, 2.24) is 24.6 Å². The molecule has 3 heterocycles. The van der Waals surface area contributed by atoms with Gasteiger partial charge in [-0.1, -0.05) is 6.07 Å². The highest BCUT2D eigenvalue weighted by Gasteiger charge is 2.35. The molecule has 0 amide bonds. The van der Waals surface area contributed by atoms with E-state index in [2.05, 4.69) is 26.3 Å². The molecule has 3 aromatic carbocycles. The van der Waals surface area contributed by atoms with Gasteiger partial charge in [0, 0.05) is 29.1 Å². The number of nitrogens with zero attached hydrogens (tertiary/aromatic N) is 4. The molecule has 2 fully saturated rings. The lowest BCUT2D eigenvalue weighted by Gasteiger charge is -2.22. The minimum absolute atomic E-state index is 0.164. The maximum atomic E-state index is 14.8. The number of piperidine rings is 1. The Morgan fingerprint density at radius 1 is 0.902 bits per heavy atom. The molecule has 1 aliphatic heterocycles. The molecule has 1 saturated heterocycles. The monoisotopic (exact) mass is 574 g/mol. The van der Waals surface area contributed by atoms with Gasteiger partial charge in [0.05, 0.1) is 34.2 Å². The fourth-order valence-corrected chi connectivity index (χ4v) is 6.84. The number of nitrogens with one attached hydrogen (secondary N) is 2. The normalized spacial score (nSPS) is 16.3. The van der Waals surface area contributed by atoms with Crippen molar-refractivity contribution in [3.8, 4) is 27.9 Å². The van der Waals surface area contributed by atoms with Crippen LogP contribution in [0.3, 0.4) is 0 Å². The summed E-state index contributed by atoms with van der Waals surface area (Å²) in [4.78, 5) is 4.62. The Kier molecular flexibility index (Phi) is 6.35. The van der Waals surface area contributed by atoms with Crippen LogP contribution < -0.4 is 10.0 Å². The summed E-state index contributed by atoms with van der Waals surface area (Å²) in [5.74, 6) is -1.42. The first kappa shape index (κ1) is 25.8. The highest BCUT2D eigenvalue weighted by atomic mass is 32.2. The van der Waals surface area contributed by atoms with Gasteiger partial charge in [-0.3, -0.25) is 14.0 Å². The Hall–Kier alpha value is -4.09. The Balaban J connectivity index is 1.27. The molecular weight excluding hydrogens is 546 g/mol. The first-order chi connectivity index (χ1) is 19.8. The number of fused-ring (bicyclic) bond motifs is 1. The maximum absolute atomic E-state index is 14.8. The molecule has 0 spiro atoms. The summed E-state index contributed by atoms with van der Waals surface area (Å²) in [5.41, 5.74) is 5.01. The van der Waals surface area contributed by atoms with E-state index in [1.54, 1.807) is 24.5 Å². The van der Waals surface area contributed by atoms with Gasteiger partial charge < -0.3 is 5.32 Å². The van der Waals surface area contributed by atoms with E-state index < -0.39 is 26.9 Å². The van der Waals surface area contributed by atoms with Crippen molar-refractivity contribution in [3.05, 3.63) is 85.0 Å². The number of halogens is 2. The summed E-state index contributed by atoms with van der Waals surface area (Å²) in [6, 6.07) is 14.7. The minimum atomic E-state index is -3.57. The van der Waals surface area contributed by atoms with Crippen LogP contribution in [0, 0.1) is 11.6 Å². The van der Waals surface area contributed by atoms with Crippen molar-refractivity contribution in [2.45, 2.75) is 37.0 Å². The quantitative estimate of drug-likeness (QED) is 0.262. The highest BCUT2D eigenvalue weighted by molar-refractivity contribution is 7.93. The largest absolute Gasteiger partial charge is 0.317 e. The van der Waals surface area contributed by atoms with Crippen LogP contribution in [0.25, 0.3) is 39.0 Å². The summed E-state index contributed by atoms with van der Waals surface area (Å²) in [6.07, 6.45) is 8.92. The molecule has 0 radical (unpaired) electrons. The Morgan fingerprint density at radius 3 is 2.51 bits per heavy atom. The molecule has 41 heavy (non-hydrogen) atoms. The first-order valence-electron chi connectivity index (χ1n) is 13.7. The Bertz CT molecular complexity index is 1870. The van der Waals surface area contributed by atoms with Crippen LogP contribution in [0.2, 0.25) is 0 Å². The molecule has 5 aromatic rings. The van der Waals surface area contributed by atoms with Gasteiger partial charge in [0.2, 0.25) is 10.0 Å². The fraction of sp³-hybridized carbons (Fsp3) is 0.267. The van der Waals surface area contributed by atoms with E-state index in [4.69, 9.17) is 0 Å². The van der Waals surface area contributed by atoms with Crippen molar-refractivity contribution < 1.29 is 17.2 Å². The third-order valence-corrected chi connectivity index (χ3v) is 9.70. The fourth-order valence-electron chi connectivity index (χ4n) is 5.47. The van der Waals surface area contributed by atoms with E-state index >= 15 is 0 Å². The van der Waals surface area contributed by atoms with Gasteiger partial charge in [0.15, 0.2) is 0 Å². The number of hydrogen-bond donors (Lipinski definition) is 2. The van der Waals surface area contributed by atoms with E-state index in [-0.39, 0.29) is 5.56 Å². The molecule has 0 atom stereocenters. The van der Waals surface area contributed by atoms with Crippen LogP contribution in [-0.4, -0.2) is 46.1 Å². The van der Waals surface area contributed by atoms with E-state index in [9.17, 15) is 17.2 Å². The maximum Gasteiger partial charge on any atom is 0.235 e. The highest BCUT2D eigenvalue weighted by Crippen LogP contribution is 2.34. The summed E-state index contributed by atoms with van der Waals surface area (Å²) >= 11 is 0. The first-order valence-corrected chi connectivity index (χ1v) is 15.2. The zero-order valence-electron chi connectivity index (χ0n) is 22.1. The number of aromatic nitrogens is 4. The molecule has 0 unspecified atom stereocenters. The van der Waals surface area contributed by atoms with Gasteiger partial charge in [-0.15, -0.1) is 0 Å². The zero-order valence-corrected chi connectivity index (χ0v) is 22.9. The topological polar surface area (TPSA) is 93.8 Å². The van der Waals surface area contributed by atoms with E-state index in [0.717, 1.165) is 54.2 Å². The lowest BCUT2D eigenvalue weighted by molar-refractivity contribution is 0.343. The van der Waals surface area contributed by atoms with Gasteiger partial charge in [0.25, 0.3) is 0 Å². The standard InChI is InChI=1S/C30H28F2N6O2S/c31-22-2-5-27(28(32)14-22)20-11-23(36-41(39,40)26-3-4-26)15-25(12-20)37-18-34-29-13-19(1-6-30(29)37)21-16-35-38(17-21)24-7-9-33-10-8-24/h1-2,5-6,11-18,24,26,33,36H,3-4,7-10H2. The zero-order chi connectivity index (χ0) is 28.1. The third kappa shape index (κ3) is 5.11. The number of benzene rings is 3. The molecule has 2 aromatic heterocycles. The van der Waals surface area contributed by atoms with Gasteiger partial charge in [-0.2, -0.15) is 5.10 Å². The number of anilines is 1. The van der Waals surface area contributed by atoms with Crippen molar-refractivity contribution in [2.75, 3.05) is 17.8 Å². The average Bonchev–Trinajstić information content (AvgIpc) is 3.57. The Labute approximate surface area is 236 Å². The average molecular weight is 575 g/mol. The summed E-state index contributed by atoms with van der Waals surface area (Å²) < 4.78 is 60.4. The molecule has 210 valence electrons. The lowest BCUT2D eigenvalue weighted by Crippen LogP contribution is -2.29. The minimum Gasteiger partial charge on any atom is -0.317 e. The van der Waals surface area contributed by atoms with Gasteiger partial charge >= 0.3 is 0 Å². The predicted octanol–water partition coefficient (Wildman–Crippen LogP) is 5.66. The van der Waals surface area contributed by atoms with Crippen LogP contribution in [0.4, 0.5) is 14.5 Å². The molecule has 11 heteroatoms. The van der Waals surface area contributed by atoms with Crippen molar-refractivity contribution >= 4 is 26.7 Å². The number of sulfonamides is 1. The van der Waals surface area contributed by atoms with E-state index in [1.807, 2.05) is 33.6 Å². The third-order valence-electron chi connectivity index (χ3n) is 7.83. The SMILES string of the molecule is O=S(=O)(Nc1cc(-c2ccc(F)cc2F)cc(-n2cnc3cc(-c4cnn(C5CCNCC5)c4)ccc32)c1)C1CC1. The predicted molar refractivity (Wildman–Crippen MR) is 154 cm³/mol. The van der Waals surface area contributed by atoms with Gasteiger partial charge in [-0.05, 0) is 92.4 Å².